The summed E-state index contributed by atoms with van der Waals surface area (Å²) in [6, 6.07) is 9.19. The van der Waals surface area contributed by atoms with E-state index in [1.54, 1.807) is 20.4 Å². The molecule has 8 nitrogen and oxygen atoms in total. The van der Waals surface area contributed by atoms with Crippen LogP contribution < -0.4 is 26.3 Å². The van der Waals surface area contributed by atoms with E-state index in [2.05, 4.69) is 16.2 Å². The third-order valence-corrected chi connectivity index (χ3v) is 5.82. The second-order valence-corrected chi connectivity index (χ2v) is 8.07. The zero-order valence-electron chi connectivity index (χ0n) is 19.7. The van der Waals surface area contributed by atoms with E-state index in [0.29, 0.717) is 30.2 Å². The molecule has 0 saturated heterocycles. The highest BCUT2D eigenvalue weighted by Gasteiger charge is 2.21. The van der Waals surface area contributed by atoms with Crippen LogP contribution in [0.15, 0.2) is 41.1 Å². The lowest BCUT2D eigenvalue weighted by Crippen LogP contribution is -2.66. The predicted molar refractivity (Wildman–Crippen MR) is 128 cm³/mol. The first-order chi connectivity index (χ1) is 15.9. The Balaban J connectivity index is 1.93. The number of hydrogen-bond acceptors (Lipinski definition) is 6. The Bertz CT molecular complexity index is 1110. The summed E-state index contributed by atoms with van der Waals surface area (Å²) in [6.45, 7) is 4.66. The van der Waals surface area contributed by atoms with Crippen LogP contribution >= 0.6 is 0 Å². The van der Waals surface area contributed by atoms with Gasteiger partial charge in [0.1, 0.15) is 11.5 Å². The van der Waals surface area contributed by atoms with Gasteiger partial charge in [-0.2, -0.15) is 0 Å². The van der Waals surface area contributed by atoms with Gasteiger partial charge in [0.25, 0.3) is 5.91 Å². The molecule has 3 aromatic rings. The molecule has 1 aromatic heterocycles. The SMILES string of the molecule is COc1ccc(-c2cnoc2-c2cc(C)c(C)c(OC)c2)cc1NC(=O)C([NH3+])CCCCN. The molecule has 0 aliphatic carbocycles. The van der Waals surface area contributed by atoms with Gasteiger partial charge in [-0.25, -0.2) is 0 Å². The van der Waals surface area contributed by atoms with Crippen molar-refractivity contribution in [1.82, 2.24) is 5.16 Å². The highest BCUT2D eigenvalue weighted by atomic mass is 16.5. The number of ether oxygens (including phenoxy) is 2. The average molecular weight is 454 g/mol. The van der Waals surface area contributed by atoms with Crippen molar-refractivity contribution in [1.29, 1.82) is 0 Å². The molecular weight excluding hydrogens is 420 g/mol. The summed E-state index contributed by atoms with van der Waals surface area (Å²) in [5.74, 6) is 1.81. The van der Waals surface area contributed by atoms with Gasteiger partial charge >= 0.3 is 0 Å². The molecular formula is C25H33N4O4+. The number of carbonyl (C=O) groups excluding carboxylic acids is 1. The minimum atomic E-state index is -0.376. The number of nitrogens with two attached hydrogens (primary N) is 1. The van der Waals surface area contributed by atoms with E-state index in [0.717, 1.165) is 46.4 Å². The van der Waals surface area contributed by atoms with Crippen LogP contribution in [-0.2, 0) is 4.79 Å². The molecule has 0 aliphatic rings. The summed E-state index contributed by atoms with van der Waals surface area (Å²) in [6.07, 6.45) is 4.08. The first-order valence-electron chi connectivity index (χ1n) is 11.0. The molecule has 1 unspecified atom stereocenters. The number of hydrogen-bond donors (Lipinski definition) is 3. The molecule has 33 heavy (non-hydrogen) atoms. The molecule has 0 fully saturated rings. The topological polar surface area (TPSA) is 127 Å². The molecule has 8 heteroatoms. The minimum Gasteiger partial charge on any atom is -0.496 e. The van der Waals surface area contributed by atoms with Crippen molar-refractivity contribution in [3.63, 3.8) is 0 Å². The number of amides is 1. The van der Waals surface area contributed by atoms with Gasteiger partial charge in [-0.1, -0.05) is 11.2 Å². The molecule has 0 bridgehead atoms. The van der Waals surface area contributed by atoms with Gasteiger partial charge < -0.3 is 30.8 Å². The average Bonchev–Trinajstić information content (AvgIpc) is 3.30. The fraction of sp³-hybridized carbons (Fsp3) is 0.360. The molecule has 0 radical (unpaired) electrons. The van der Waals surface area contributed by atoms with Crippen molar-refractivity contribution in [2.75, 3.05) is 26.1 Å². The number of benzene rings is 2. The van der Waals surface area contributed by atoms with E-state index < -0.39 is 0 Å². The van der Waals surface area contributed by atoms with Gasteiger partial charge in [0.05, 0.1) is 26.1 Å². The number of quaternary nitrogens is 1. The van der Waals surface area contributed by atoms with Gasteiger partial charge in [-0.3, -0.25) is 4.79 Å². The van der Waals surface area contributed by atoms with Crippen molar-refractivity contribution in [2.24, 2.45) is 5.73 Å². The van der Waals surface area contributed by atoms with Crippen LogP contribution in [0.4, 0.5) is 5.69 Å². The summed E-state index contributed by atoms with van der Waals surface area (Å²) >= 11 is 0. The van der Waals surface area contributed by atoms with Crippen LogP contribution in [0.3, 0.4) is 0 Å². The van der Waals surface area contributed by atoms with Crippen molar-refractivity contribution in [2.45, 2.75) is 39.2 Å². The molecule has 1 atom stereocenters. The highest BCUT2D eigenvalue weighted by molar-refractivity contribution is 5.96. The number of unbranched alkanes of at least 4 members (excludes halogenated alkanes) is 1. The second-order valence-electron chi connectivity index (χ2n) is 8.07. The number of carbonyl (C=O) groups is 1. The number of anilines is 1. The second kappa shape index (κ2) is 11.0. The maximum atomic E-state index is 12.7. The lowest BCUT2D eigenvalue weighted by molar-refractivity contribution is -0.404. The Morgan fingerprint density at radius 3 is 2.58 bits per heavy atom. The van der Waals surface area contributed by atoms with E-state index in [9.17, 15) is 4.79 Å². The summed E-state index contributed by atoms with van der Waals surface area (Å²) in [7, 11) is 3.22. The zero-order valence-corrected chi connectivity index (χ0v) is 19.7. The van der Waals surface area contributed by atoms with E-state index in [-0.39, 0.29) is 11.9 Å². The smallest absolute Gasteiger partial charge is 0.282 e. The van der Waals surface area contributed by atoms with Crippen LogP contribution in [0.1, 0.15) is 30.4 Å². The maximum absolute atomic E-state index is 12.7. The fourth-order valence-corrected chi connectivity index (χ4v) is 3.70. The third-order valence-electron chi connectivity index (χ3n) is 5.82. The predicted octanol–water partition coefficient (Wildman–Crippen LogP) is 3.32. The van der Waals surface area contributed by atoms with Crippen LogP contribution in [-0.4, -0.2) is 37.9 Å². The molecule has 1 amide bonds. The normalized spacial score (nSPS) is 11.8. The number of aromatic nitrogens is 1. The summed E-state index contributed by atoms with van der Waals surface area (Å²) < 4.78 is 16.6. The van der Waals surface area contributed by atoms with Gasteiger partial charge in [0, 0.05) is 17.5 Å². The first-order valence-corrected chi connectivity index (χ1v) is 11.0. The fourth-order valence-electron chi connectivity index (χ4n) is 3.70. The Morgan fingerprint density at radius 1 is 1.12 bits per heavy atom. The van der Waals surface area contributed by atoms with Crippen LogP contribution in [0.25, 0.3) is 22.5 Å². The number of rotatable bonds is 10. The molecule has 1 heterocycles. The summed E-state index contributed by atoms with van der Waals surface area (Å²) in [5.41, 5.74) is 14.8. The van der Waals surface area contributed by atoms with Gasteiger partial charge in [0.15, 0.2) is 11.8 Å². The van der Waals surface area contributed by atoms with E-state index in [1.807, 2.05) is 44.2 Å². The van der Waals surface area contributed by atoms with Crippen molar-refractivity contribution in [3.8, 4) is 33.9 Å². The number of methoxy groups -OCH3 is 2. The quantitative estimate of drug-likeness (QED) is 0.404. The van der Waals surface area contributed by atoms with Crippen molar-refractivity contribution < 1.29 is 24.5 Å². The van der Waals surface area contributed by atoms with Crippen molar-refractivity contribution >= 4 is 11.6 Å². The molecule has 176 valence electrons. The Labute approximate surface area is 194 Å². The summed E-state index contributed by atoms with van der Waals surface area (Å²) in [4.78, 5) is 12.7. The highest BCUT2D eigenvalue weighted by Crippen LogP contribution is 2.38. The van der Waals surface area contributed by atoms with Crippen LogP contribution in [0.5, 0.6) is 11.5 Å². The van der Waals surface area contributed by atoms with Gasteiger partial charge in [-0.05, 0) is 74.2 Å². The zero-order chi connectivity index (χ0) is 24.0. The minimum absolute atomic E-state index is 0.160. The van der Waals surface area contributed by atoms with Crippen LogP contribution in [0.2, 0.25) is 0 Å². The molecule has 2 aromatic carbocycles. The Kier molecular flexibility index (Phi) is 8.08. The molecule has 0 spiro atoms. The first kappa shape index (κ1) is 24.3. The van der Waals surface area contributed by atoms with Gasteiger partial charge in [-0.15, -0.1) is 0 Å². The lowest BCUT2D eigenvalue weighted by Gasteiger charge is -2.14. The number of aryl methyl sites for hydroxylation is 1. The van der Waals surface area contributed by atoms with Crippen molar-refractivity contribution in [3.05, 3.63) is 47.7 Å². The summed E-state index contributed by atoms with van der Waals surface area (Å²) in [5, 5.41) is 6.99. The van der Waals surface area contributed by atoms with Crippen LogP contribution in [0, 0.1) is 13.8 Å². The van der Waals surface area contributed by atoms with E-state index in [4.69, 9.17) is 19.7 Å². The molecule has 0 saturated carbocycles. The standard InChI is InChI=1S/C25H32N4O4/c1-15-11-18(13-23(32-4)16(15)2)24-19(14-28-33-24)17-8-9-22(31-3)21(12-17)29-25(30)20(27)7-5-6-10-26/h8-9,11-14,20H,5-7,10,26-27H2,1-4H3,(H,29,30)/p+1. The number of nitrogens with zero attached hydrogens (tertiary/aromatic N) is 1. The monoisotopic (exact) mass is 453 g/mol. The molecule has 0 aliphatic heterocycles. The largest absolute Gasteiger partial charge is 0.496 e. The molecule has 3 rings (SSSR count). The Morgan fingerprint density at radius 2 is 1.88 bits per heavy atom. The van der Waals surface area contributed by atoms with Gasteiger partial charge in [0.2, 0.25) is 0 Å². The van der Waals surface area contributed by atoms with E-state index in [1.165, 1.54) is 0 Å². The third kappa shape index (κ3) is 5.53. The maximum Gasteiger partial charge on any atom is 0.282 e. The lowest BCUT2D eigenvalue weighted by atomic mass is 9.98. The Hall–Kier alpha value is -3.36. The molecule has 6 N–H and O–H groups in total. The van der Waals surface area contributed by atoms with E-state index >= 15 is 0 Å². The number of nitrogens with one attached hydrogen (secondary N) is 1.